The first-order chi connectivity index (χ1) is 15.6. The van der Waals surface area contributed by atoms with Crippen LogP contribution in [0.5, 0.6) is 11.5 Å². The van der Waals surface area contributed by atoms with Gasteiger partial charge in [0.1, 0.15) is 11.6 Å². The zero-order valence-electron chi connectivity index (χ0n) is 18.2. The number of halogens is 1. The third kappa shape index (κ3) is 5.88. The molecule has 0 radical (unpaired) electrons. The lowest BCUT2D eigenvalue weighted by molar-refractivity contribution is 0.177. The number of ether oxygens (including phenoxy) is 2. The van der Waals surface area contributed by atoms with E-state index >= 15 is 0 Å². The van der Waals surface area contributed by atoms with Gasteiger partial charge in [-0.2, -0.15) is 0 Å². The van der Waals surface area contributed by atoms with Crippen LogP contribution in [0, 0.1) is 0 Å². The van der Waals surface area contributed by atoms with E-state index in [-0.39, 0.29) is 0 Å². The Morgan fingerprint density at radius 2 is 1.59 bits per heavy atom. The zero-order chi connectivity index (χ0) is 22.3. The summed E-state index contributed by atoms with van der Waals surface area (Å²) in [5.41, 5.74) is 3.44. The molecule has 3 aromatic carbocycles. The molecule has 166 valence electrons. The van der Waals surface area contributed by atoms with E-state index in [2.05, 4.69) is 56.1 Å². The van der Waals surface area contributed by atoms with Crippen LogP contribution in [-0.4, -0.2) is 48.1 Å². The van der Waals surface area contributed by atoms with E-state index in [0.717, 1.165) is 59.1 Å². The van der Waals surface area contributed by atoms with Gasteiger partial charge in [-0.3, -0.25) is 4.90 Å². The summed E-state index contributed by atoms with van der Waals surface area (Å²) in [7, 11) is 1.66. The quantitative estimate of drug-likeness (QED) is 0.389. The average Bonchev–Trinajstić information content (AvgIpc) is 2.84. The summed E-state index contributed by atoms with van der Waals surface area (Å²) in [6.45, 7) is 5.32. The summed E-state index contributed by atoms with van der Waals surface area (Å²) >= 11 is 9.28. The lowest BCUT2D eigenvalue weighted by Crippen LogP contribution is -2.48. The molecule has 0 atom stereocenters. The second kappa shape index (κ2) is 10.9. The van der Waals surface area contributed by atoms with Gasteiger partial charge in [-0.1, -0.05) is 70.6 Å². The van der Waals surface area contributed by atoms with Crippen molar-refractivity contribution in [3.63, 3.8) is 0 Å². The topological polar surface area (TPSA) is 24.9 Å². The van der Waals surface area contributed by atoms with Gasteiger partial charge in [-0.25, -0.2) is 0 Å². The Morgan fingerprint density at radius 1 is 0.875 bits per heavy atom. The van der Waals surface area contributed by atoms with Crippen LogP contribution in [0.25, 0.3) is 0 Å². The molecule has 0 N–H and O–H groups in total. The third-order valence-electron chi connectivity index (χ3n) is 5.63. The summed E-state index contributed by atoms with van der Waals surface area (Å²) in [5.74, 6) is 1.42. The van der Waals surface area contributed by atoms with Crippen molar-refractivity contribution in [3.8, 4) is 11.5 Å². The molecule has 3 aromatic rings. The van der Waals surface area contributed by atoms with E-state index in [9.17, 15) is 0 Å². The van der Waals surface area contributed by atoms with Crippen LogP contribution in [0.15, 0.2) is 77.3 Å². The maximum Gasteiger partial charge on any atom is 0.161 e. The Hall–Kier alpha value is -2.41. The first-order valence-corrected chi connectivity index (χ1v) is 11.9. The molecule has 6 heteroatoms. The standard InChI is InChI=1S/C26H27BrN2O2S/c1-30-25-17-22(9-12-24(25)31-19-21-7-10-23(27)11-8-21)26(32)29-15-13-28(14-16-29)18-20-5-3-2-4-6-20/h2-12,17H,13-16,18-19H2,1H3. The average molecular weight is 511 g/mol. The highest BCUT2D eigenvalue weighted by atomic mass is 79.9. The fraction of sp³-hybridized carbons (Fsp3) is 0.269. The van der Waals surface area contributed by atoms with Gasteiger partial charge < -0.3 is 14.4 Å². The summed E-state index contributed by atoms with van der Waals surface area (Å²) in [4.78, 5) is 5.63. The summed E-state index contributed by atoms with van der Waals surface area (Å²) in [6, 6.07) is 24.7. The van der Waals surface area contributed by atoms with Crippen LogP contribution in [0.1, 0.15) is 16.7 Å². The second-order valence-electron chi connectivity index (χ2n) is 7.83. The van der Waals surface area contributed by atoms with E-state index in [1.54, 1.807) is 7.11 Å². The van der Waals surface area contributed by atoms with Gasteiger partial charge in [-0.15, -0.1) is 0 Å². The van der Waals surface area contributed by atoms with Crippen molar-refractivity contribution >= 4 is 33.1 Å². The third-order valence-corrected chi connectivity index (χ3v) is 6.65. The van der Waals surface area contributed by atoms with Crippen LogP contribution in [0.2, 0.25) is 0 Å². The van der Waals surface area contributed by atoms with Gasteiger partial charge in [0.05, 0.1) is 7.11 Å². The maximum atomic E-state index is 6.00. The number of nitrogens with zero attached hydrogens (tertiary/aromatic N) is 2. The van der Waals surface area contributed by atoms with Crippen LogP contribution < -0.4 is 9.47 Å². The molecule has 1 aliphatic rings. The molecule has 1 saturated heterocycles. The van der Waals surface area contributed by atoms with E-state index in [1.165, 1.54) is 5.56 Å². The van der Waals surface area contributed by atoms with E-state index in [4.69, 9.17) is 21.7 Å². The normalized spacial score (nSPS) is 14.2. The molecule has 1 aliphatic heterocycles. The minimum absolute atomic E-state index is 0.483. The second-order valence-corrected chi connectivity index (χ2v) is 9.14. The first-order valence-electron chi connectivity index (χ1n) is 10.7. The van der Waals surface area contributed by atoms with Crippen molar-refractivity contribution in [2.45, 2.75) is 13.2 Å². The van der Waals surface area contributed by atoms with Crippen LogP contribution in [-0.2, 0) is 13.2 Å². The molecule has 4 rings (SSSR count). The Bertz CT molecular complexity index is 1040. The SMILES string of the molecule is COc1cc(C(=S)N2CCN(Cc3ccccc3)CC2)ccc1OCc1ccc(Br)cc1. The molecule has 0 saturated carbocycles. The number of piperazine rings is 1. The molecule has 0 aromatic heterocycles. The monoisotopic (exact) mass is 510 g/mol. The van der Waals surface area contributed by atoms with E-state index in [0.29, 0.717) is 12.4 Å². The number of thiocarbonyl (C=S) groups is 1. The van der Waals surface area contributed by atoms with Crippen LogP contribution >= 0.6 is 28.1 Å². The Kier molecular flexibility index (Phi) is 7.79. The minimum atomic E-state index is 0.483. The van der Waals surface area contributed by atoms with Gasteiger partial charge in [0, 0.05) is 42.8 Å². The molecular formula is C26H27BrN2O2S. The smallest absolute Gasteiger partial charge is 0.161 e. The lowest BCUT2D eigenvalue weighted by Gasteiger charge is -2.36. The largest absolute Gasteiger partial charge is 0.493 e. The van der Waals surface area contributed by atoms with E-state index in [1.807, 2.05) is 42.5 Å². The molecule has 0 amide bonds. The lowest BCUT2D eigenvalue weighted by atomic mass is 10.1. The number of rotatable bonds is 7. The van der Waals surface area contributed by atoms with Crippen molar-refractivity contribution in [2.24, 2.45) is 0 Å². The van der Waals surface area contributed by atoms with Crippen molar-refractivity contribution in [1.29, 1.82) is 0 Å². The Morgan fingerprint density at radius 3 is 2.28 bits per heavy atom. The van der Waals surface area contributed by atoms with Crippen molar-refractivity contribution in [3.05, 3.63) is 94.0 Å². The fourth-order valence-corrected chi connectivity index (χ4v) is 4.37. The van der Waals surface area contributed by atoms with Gasteiger partial charge in [0.2, 0.25) is 0 Å². The molecular weight excluding hydrogens is 484 g/mol. The molecule has 32 heavy (non-hydrogen) atoms. The van der Waals surface area contributed by atoms with Gasteiger partial charge >= 0.3 is 0 Å². The van der Waals surface area contributed by atoms with Gasteiger partial charge in [0.25, 0.3) is 0 Å². The summed E-state index contributed by atoms with van der Waals surface area (Å²) < 4.78 is 12.6. The minimum Gasteiger partial charge on any atom is -0.493 e. The van der Waals surface area contributed by atoms with Crippen molar-refractivity contribution in [1.82, 2.24) is 9.80 Å². The predicted octanol–water partition coefficient (Wildman–Crippen LogP) is 5.53. The molecule has 0 spiro atoms. The molecule has 0 bridgehead atoms. The predicted molar refractivity (Wildman–Crippen MR) is 136 cm³/mol. The summed E-state index contributed by atoms with van der Waals surface area (Å²) in [5, 5.41) is 0. The van der Waals surface area contributed by atoms with E-state index < -0.39 is 0 Å². The number of hydrogen-bond donors (Lipinski definition) is 0. The molecule has 0 unspecified atom stereocenters. The van der Waals surface area contributed by atoms with Crippen LogP contribution in [0.4, 0.5) is 0 Å². The molecule has 4 nitrogen and oxygen atoms in total. The highest BCUT2D eigenvalue weighted by Gasteiger charge is 2.20. The highest BCUT2D eigenvalue weighted by Crippen LogP contribution is 2.30. The number of hydrogen-bond acceptors (Lipinski definition) is 4. The molecule has 0 aliphatic carbocycles. The number of methoxy groups -OCH3 is 1. The number of benzene rings is 3. The molecule has 1 fully saturated rings. The summed E-state index contributed by atoms with van der Waals surface area (Å²) in [6.07, 6.45) is 0. The fourth-order valence-electron chi connectivity index (χ4n) is 3.79. The van der Waals surface area contributed by atoms with Crippen molar-refractivity contribution < 1.29 is 9.47 Å². The maximum absolute atomic E-state index is 6.00. The Labute approximate surface area is 203 Å². The van der Waals surface area contributed by atoms with Crippen LogP contribution in [0.3, 0.4) is 0 Å². The van der Waals surface area contributed by atoms with Gasteiger partial charge in [-0.05, 0) is 41.5 Å². The zero-order valence-corrected chi connectivity index (χ0v) is 20.6. The Balaban J connectivity index is 1.35. The van der Waals surface area contributed by atoms with Crippen molar-refractivity contribution in [2.75, 3.05) is 33.3 Å². The first kappa shape index (κ1) is 22.8. The molecule has 1 heterocycles. The van der Waals surface area contributed by atoms with Gasteiger partial charge in [0.15, 0.2) is 11.5 Å². The highest BCUT2D eigenvalue weighted by molar-refractivity contribution is 9.10.